The number of ether oxygens (including phenoxy) is 1. The van der Waals surface area contributed by atoms with Crippen molar-refractivity contribution in [2.75, 3.05) is 6.54 Å². The van der Waals surface area contributed by atoms with Crippen molar-refractivity contribution in [2.45, 2.75) is 69.8 Å². The molecule has 0 aliphatic heterocycles. The molecular weight excluding hydrogens is 274 g/mol. The Bertz CT molecular complexity index is 555. The Kier molecular flexibility index (Phi) is 3.92. The molecular formula is C19H27NO2. The maximum absolute atomic E-state index is 11.7. The minimum absolute atomic E-state index is 0.310. The smallest absolute Gasteiger partial charge is 0.407 e. The van der Waals surface area contributed by atoms with Crippen LogP contribution in [0.2, 0.25) is 0 Å². The van der Waals surface area contributed by atoms with Gasteiger partial charge in [-0.3, -0.25) is 0 Å². The number of nitrogens with one attached hydrogen (secondary N) is 1. The SMILES string of the molecule is CC(C)(C)OC(=O)NCCC1CCC2(CC2)c2ccccc21. The highest BCUT2D eigenvalue weighted by atomic mass is 16.6. The maximum atomic E-state index is 11.7. The molecule has 0 radical (unpaired) electrons. The van der Waals surface area contributed by atoms with E-state index >= 15 is 0 Å². The second-order valence-electron chi connectivity index (χ2n) is 7.82. The zero-order valence-electron chi connectivity index (χ0n) is 13.9. The molecule has 0 aromatic heterocycles. The van der Waals surface area contributed by atoms with Crippen molar-refractivity contribution in [2.24, 2.45) is 0 Å². The molecule has 1 atom stereocenters. The summed E-state index contributed by atoms with van der Waals surface area (Å²) in [7, 11) is 0. The molecule has 3 nitrogen and oxygen atoms in total. The van der Waals surface area contributed by atoms with Gasteiger partial charge in [0.1, 0.15) is 5.60 Å². The molecule has 22 heavy (non-hydrogen) atoms. The highest BCUT2D eigenvalue weighted by Gasteiger charge is 2.48. The molecule has 1 aromatic rings. The van der Waals surface area contributed by atoms with Crippen LogP contribution >= 0.6 is 0 Å². The zero-order chi connectivity index (χ0) is 15.8. The second-order valence-corrected chi connectivity index (χ2v) is 7.82. The van der Waals surface area contributed by atoms with E-state index in [-0.39, 0.29) is 6.09 Å². The lowest BCUT2D eigenvalue weighted by Crippen LogP contribution is -2.33. The molecule has 1 N–H and O–H groups in total. The summed E-state index contributed by atoms with van der Waals surface area (Å²) in [5.41, 5.74) is 3.16. The van der Waals surface area contributed by atoms with Gasteiger partial charge < -0.3 is 10.1 Å². The Balaban J connectivity index is 1.57. The van der Waals surface area contributed by atoms with E-state index in [1.165, 1.54) is 31.2 Å². The molecule has 1 amide bonds. The van der Waals surface area contributed by atoms with E-state index in [0.29, 0.717) is 17.9 Å². The number of hydrogen-bond donors (Lipinski definition) is 1. The van der Waals surface area contributed by atoms with E-state index < -0.39 is 5.60 Å². The fraction of sp³-hybridized carbons (Fsp3) is 0.632. The molecule has 3 heteroatoms. The van der Waals surface area contributed by atoms with E-state index in [9.17, 15) is 4.79 Å². The van der Waals surface area contributed by atoms with Crippen molar-refractivity contribution in [1.29, 1.82) is 0 Å². The van der Waals surface area contributed by atoms with Gasteiger partial charge in [0, 0.05) is 6.54 Å². The number of amides is 1. The van der Waals surface area contributed by atoms with Crippen LogP contribution in [-0.4, -0.2) is 18.2 Å². The molecule has 0 saturated heterocycles. The van der Waals surface area contributed by atoms with E-state index in [4.69, 9.17) is 4.74 Å². The number of fused-ring (bicyclic) bond motifs is 2. The minimum Gasteiger partial charge on any atom is -0.444 e. The predicted molar refractivity (Wildman–Crippen MR) is 88.2 cm³/mol. The summed E-state index contributed by atoms with van der Waals surface area (Å²) in [4.78, 5) is 11.7. The maximum Gasteiger partial charge on any atom is 0.407 e. The van der Waals surface area contributed by atoms with Crippen LogP contribution in [-0.2, 0) is 10.2 Å². The second kappa shape index (κ2) is 5.60. The molecule has 3 rings (SSSR count). The van der Waals surface area contributed by atoms with Crippen molar-refractivity contribution >= 4 is 6.09 Å². The topological polar surface area (TPSA) is 38.3 Å². The lowest BCUT2D eigenvalue weighted by molar-refractivity contribution is 0.0526. The Labute approximate surface area is 133 Å². The van der Waals surface area contributed by atoms with Gasteiger partial charge in [-0.15, -0.1) is 0 Å². The molecule has 1 spiro atoms. The third kappa shape index (κ3) is 3.29. The Morgan fingerprint density at radius 1 is 1.27 bits per heavy atom. The molecule has 1 fully saturated rings. The Morgan fingerprint density at radius 3 is 2.68 bits per heavy atom. The summed E-state index contributed by atoms with van der Waals surface area (Å²) < 4.78 is 5.29. The lowest BCUT2D eigenvalue weighted by atomic mass is 9.73. The normalized spacial score (nSPS) is 22.0. The van der Waals surface area contributed by atoms with Crippen LogP contribution in [0.3, 0.4) is 0 Å². The van der Waals surface area contributed by atoms with Crippen molar-refractivity contribution in [3.63, 3.8) is 0 Å². The average Bonchev–Trinajstić information content (AvgIpc) is 3.21. The van der Waals surface area contributed by atoms with Gasteiger partial charge in [-0.05, 0) is 75.3 Å². The summed E-state index contributed by atoms with van der Waals surface area (Å²) in [5, 5.41) is 2.89. The highest BCUT2D eigenvalue weighted by molar-refractivity contribution is 5.67. The van der Waals surface area contributed by atoms with Gasteiger partial charge in [-0.25, -0.2) is 4.79 Å². The van der Waals surface area contributed by atoms with E-state index in [0.717, 1.165) is 6.42 Å². The molecule has 0 bridgehead atoms. The van der Waals surface area contributed by atoms with Crippen LogP contribution < -0.4 is 5.32 Å². The van der Waals surface area contributed by atoms with Crippen LogP contribution in [0.25, 0.3) is 0 Å². The quantitative estimate of drug-likeness (QED) is 0.892. The summed E-state index contributed by atoms with van der Waals surface area (Å²) in [6, 6.07) is 8.91. The molecule has 2 aliphatic carbocycles. The molecule has 2 aliphatic rings. The van der Waals surface area contributed by atoms with Crippen LogP contribution in [0.15, 0.2) is 24.3 Å². The van der Waals surface area contributed by atoms with Crippen LogP contribution in [0.4, 0.5) is 4.79 Å². The Morgan fingerprint density at radius 2 is 2.00 bits per heavy atom. The first-order valence-corrected chi connectivity index (χ1v) is 8.46. The number of alkyl carbamates (subject to hydrolysis) is 1. The molecule has 1 aromatic carbocycles. The molecule has 120 valence electrons. The fourth-order valence-corrected chi connectivity index (χ4v) is 3.71. The summed E-state index contributed by atoms with van der Waals surface area (Å²) in [5.74, 6) is 0.567. The fourth-order valence-electron chi connectivity index (χ4n) is 3.71. The van der Waals surface area contributed by atoms with E-state index in [2.05, 4.69) is 29.6 Å². The lowest BCUT2D eigenvalue weighted by Gasteiger charge is -2.32. The summed E-state index contributed by atoms with van der Waals surface area (Å²) >= 11 is 0. The largest absolute Gasteiger partial charge is 0.444 e. The number of benzene rings is 1. The third-order valence-electron chi connectivity index (χ3n) is 4.96. The third-order valence-corrected chi connectivity index (χ3v) is 4.96. The monoisotopic (exact) mass is 301 g/mol. The first-order chi connectivity index (χ1) is 10.4. The first-order valence-electron chi connectivity index (χ1n) is 8.46. The number of rotatable bonds is 3. The summed E-state index contributed by atoms with van der Waals surface area (Å²) in [6.07, 6.45) is 5.94. The van der Waals surface area contributed by atoms with Crippen LogP contribution in [0.1, 0.15) is 69.9 Å². The van der Waals surface area contributed by atoms with Gasteiger partial charge in [0.2, 0.25) is 0 Å². The van der Waals surface area contributed by atoms with Gasteiger partial charge in [0.05, 0.1) is 0 Å². The zero-order valence-corrected chi connectivity index (χ0v) is 13.9. The Hall–Kier alpha value is -1.51. The number of hydrogen-bond acceptors (Lipinski definition) is 2. The standard InChI is InChI=1S/C19H27NO2/c1-18(2,3)22-17(21)20-13-9-14-8-10-19(11-12-19)16-7-5-4-6-15(14)16/h4-7,14H,8-13H2,1-3H3,(H,20,21). The van der Waals surface area contributed by atoms with Gasteiger partial charge in [-0.2, -0.15) is 0 Å². The van der Waals surface area contributed by atoms with Gasteiger partial charge in [-0.1, -0.05) is 24.3 Å². The minimum atomic E-state index is -0.431. The van der Waals surface area contributed by atoms with Gasteiger partial charge in [0.25, 0.3) is 0 Å². The molecule has 1 saturated carbocycles. The van der Waals surface area contributed by atoms with E-state index in [1.807, 2.05) is 20.8 Å². The van der Waals surface area contributed by atoms with Gasteiger partial charge >= 0.3 is 6.09 Å². The van der Waals surface area contributed by atoms with Gasteiger partial charge in [0.15, 0.2) is 0 Å². The molecule has 1 unspecified atom stereocenters. The van der Waals surface area contributed by atoms with Crippen molar-refractivity contribution in [3.05, 3.63) is 35.4 Å². The molecule has 0 heterocycles. The van der Waals surface area contributed by atoms with Crippen molar-refractivity contribution in [3.8, 4) is 0 Å². The highest BCUT2D eigenvalue weighted by Crippen LogP contribution is 2.58. The predicted octanol–water partition coefficient (Wildman–Crippen LogP) is 4.51. The van der Waals surface area contributed by atoms with Crippen molar-refractivity contribution < 1.29 is 9.53 Å². The number of carbonyl (C=O) groups excluding carboxylic acids is 1. The summed E-state index contributed by atoms with van der Waals surface area (Å²) in [6.45, 7) is 6.35. The van der Waals surface area contributed by atoms with Crippen LogP contribution in [0.5, 0.6) is 0 Å². The van der Waals surface area contributed by atoms with Crippen molar-refractivity contribution in [1.82, 2.24) is 5.32 Å². The number of carbonyl (C=O) groups is 1. The first kappa shape index (κ1) is 15.4. The van der Waals surface area contributed by atoms with Crippen LogP contribution in [0, 0.1) is 0 Å². The van der Waals surface area contributed by atoms with E-state index in [1.54, 1.807) is 5.56 Å². The average molecular weight is 301 g/mol.